The molecule has 1 amide bonds. The van der Waals surface area contributed by atoms with Crippen LogP contribution in [0.5, 0.6) is 0 Å². The molecule has 0 saturated carbocycles. The van der Waals surface area contributed by atoms with E-state index in [1.165, 1.54) is 0 Å². The first-order valence-corrected chi connectivity index (χ1v) is 9.78. The first-order chi connectivity index (χ1) is 13.4. The fraction of sp³-hybridized carbons (Fsp3) is 0.619. The van der Waals surface area contributed by atoms with Crippen LogP contribution in [0.15, 0.2) is 11.6 Å². The first-order valence-electron chi connectivity index (χ1n) is 9.78. The van der Waals surface area contributed by atoms with Crippen molar-refractivity contribution in [3.63, 3.8) is 0 Å². The van der Waals surface area contributed by atoms with E-state index < -0.39 is 0 Å². The van der Waals surface area contributed by atoms with E-state index in [1.54, 1.807) is 13.2 Å². The van der Waals surface area contributed by atoms with Crippen molar-refractivity contribution in [1.82, 2.24) is 14.8 Å². The van der Waals surface area contributed by atoms with Crippen molar-refractivity contribution in [1.29, 1.82) is 5.26 Å². The lowest BCUT2D eigenvalue weighted by molar-refractivity contribution is -0.117. The Balaban J connectivity index is 2.07. The number of nitrogens with one attached hydrogen (secondary N) is 1. The average molecular weight is 389 g/mol. The van der Waals surface area contributed by atoms with Gasteiger partial charge in [0.05, 0.1) is 25.9 Å². The van der Waals surface area contributed by atoms with Crippen LogP contribution in [0.3, 0.4) is 0 Å². The standard InChI is InChI=1S/C21H32N4O3/c1-15-10-19(18(4)25(15)17(3)14-27-5)11-20(12-22)21(26)23-13-16(2)24-6-8-28-9-7-24/h10-11,16-17H,6-9,13-14H2,1-5H3,(H,23,26)/b20-11-. The second-order valence-corrected chi connectivity index (χ2v) is 7.38. The fourth-order valence-electron chi connectivity index (χ4n) is 3.73. The van der Waals surface area contributed by atoms with Gasteiger partial charge >= 0.3 is 0 Å². The van der Waals surface area contributed by atoms with E-state index in [0.29, 0.717) is 13.2 Å². The molecule has 1 aliphatic heterocycles. The highest BCUT2D eigenvalue weighted by molar-refractivity contribution is 6.01. The number of aromatic nitrogens is 1. The average Bonchev–Trinajstić information content (AvgIpc) is 2.97. The molecule has 0 aliphatic carbocycles. The predicted molar refractivity (Wildman–Crippen MR) is 109 cm³/mol. The molecular weight excluding hydrogens is 356 g/mol. The van der Waals surface area contributed by atoms with E-state index in [9.17, 15) is 10.1 Å². The smallest absolute Gasteiger partial charge is 0.262 e. The normalized spacial score (nSPS) is 17.8. The molecule has 1 aromatic heterocycles. The second kappa shape index (κ2) is 10.4. The van der Waals surface area contributed by atoms with Crippen LogP contribution in [0.25, 0.3) is 6.08 Å². The lowest BCUT2D eigenvalue weighted by Crippen LogP contribution is -2.47. The van der Waals surface area contributed by atoms with Crippen molar-refractivity contribution >= 4 is 12.0 Å². The third-order valence-corrected chi connectivity index (χ3v) is 5.26. The number of nitriles is 1. The Labute approximate surface area is 167 Å². The third kappa shape index (κ3) is 5.44. The summed E-state index contributed by atoms with van der Waals surface area (Å²) in [6.07, 6.45) is 1.67. The number of carbonyl (C=O) groups excluding carboxylic acids is 1. The Hall–Kier alpha value is -2.14. The van der Waals surface area contributed by atoms with Gasteiger partial charge in [0, 0.05) is 44.2 Å². The van der Waals surface area contributed by atoms with Gasteiger partial charge in [0.2, 0.25) is 0 Å². The number of nitrogens with zero attached hydrogens (tertiary/aromatic N) is 3. The molecule has 2 atom stereocenters. The summed E-state index contributed by atoms with van der Waals surface area (Å²) >= 11 is 0. The highest BCUT2D eigenvalue weighted by Gasteiger charge is 2.19. The van der Waals surface area contributed by atoms with Gasteiger partial charge in [-0.15, -0.1) is 0 Å². The number of rotatable bonds is 8. The molecule has 1 aliphatic rings. The Morgan fingerprint density at radius 1 is 1.36 bits per heavy atom. The van der Waals surface area contributed by atoms with Gasteiger partial charge in [0.25, 0.3) is 5.91 Å². The number of aryl methyl sites for hydroxylation is 1. The van der Waals surface area contributed by atoms with E-state index in [2.05, 4.69) is 28.6 Å². The molecule has 28 heavy (non-hydrogen) atoms. The zero-order chi connectivity index (χ0) is 20.7. The maximum atomic E-state index is 12.5. The minimum Gasteiger partial charge on any atom is -0.383 e. The van der Waals surface area contributed by atoms with Gasteiger partial charge in [-0.25, -0.2) is 0 Å². The van der Waals surface area contributed by atoms with Crippen LogP contribution in [-0.2, 0) is 14.3 Å². The van der Waals surface area contributed by atoms with Gasteiger partial charge in [0.15, 0.2) is 0 Å². The molecule has 7 nitrogen and oxygen atoms in total. The topological polar surface area (TPSA) is 79.5 Å². The van der Waals surface area contributed by atoms with Crippen LogP contribution in [0.2, 0.25) is 0 Å². The molecule has 0 radical (unpaired) electrons. The monoisotopic (exact) mass is 388 g/mol. The summed E-state index contributed by atoms with van der Waals surface area (Å²) < 4.78 is 12.8. The summed E-state index contributed by atoms with van der Waals surface area (Å²) in [6.45, 7) is 12.5. The van der Waals surface area contributed by atoms with Gasteiger partial charge in [-0.05, 0) is 45.4 Å². The van der Waals surface area contributed by atoms with Crippen LogP contribution < -0.4 is 5.32 Å². The lowest BCUT2D eigenvalue weighted by atomic mass is 10.1. The van der Waals surface area contributed by atoms with Crippen molar-refractivity contribution in [2.75, 3.05) is 46.6 Å². The van der Waals surface area contributed by atoms with E-state index in [4.69, 9.17) is 9.47 Å². The molecule has 7 heteroatoms. The van der Waals surface area contributed by atoms with Crippen molar-refractivity contribution in [3.8, 4) is 6.07 Å². The number of carbonyl (C=O) groups is 1. The summed E-state index contributed by atoms with van der Waals surface area (Å²) in [4.78, 5) is 14.8. The zero-order valence-corrected chi connectivity index (χ0v) is 17.6. The second-order valence-electron chi connectivity index (χ2n) is 7.38. The molecule has 2 heterocycles. The van der Waals surface area contributed by atoms with E-state index in [0.717, 1.165) is 43.3 Å². The quantitative estimate of drug-likeness (QED) is 0.545. The predicted octanol–water partition coefficient (Wildman–Crippen LogP) is 2.06. The summed E-state index contributed by atoms with van der Waals surface area (Å²) in [6, 6.07) is 4.43. The van der Waals surface area contributed by atoms with Gasteiger partial charge < -0.3 is 19.4 Å². The van der Waals surface area contributed by atoms with Gasteiger partial charge in [-0.1, -0.05) is 0 Å². The lowest BCUT2D eigenvalue weighted by Gasteiger charge is -2.32. The summed E-state index contributed by atoms with van der Waals surface area (Å²) in [5.41, 5.74) is 3.10. The third-order valence-electron chi connectivity index (χ3n) is 5.26. The van der Waals surface area contributed by atoms with Crippen LogP contribution in [0, 0.1) is 25.2 Å². The Morgan fingerprint density at radius 3 is 2.64 bits per heavy atom. The van der Waals surface area contributed by atoms with Gasteiger partial charge in [-0.3, -0.25) is 9.69 Å². The molecular formula is C21H32N4O3. The molecule has 1 fully saturated rings. The van der Waals surface area contributed by atoms with Gasteiger partial charge in [0.1, 0.15) is 11.6 Å². The van der Waals surface area contributed by atoms with E-state index in [-0.39, 0.29) is 23.6 Å². The Bertz CT molecular complexity index is 742. The maximum Gasteiger partial charge on any atom is 0.262 e. The number of hydrogen-bond donors (Lipinski definition) is 1. The van der Waals surface area contributed by atoms with E-state index >= 15 is 0 Å². The number of amides is 1. The van der Waals surface area contributed by atoms with E-state index in [1.807, 2.05) is 26.0 Å². The Morgan fingerprint density at radius 2 is 2.04 bits per heavy atom. The van der Waals surface area contributed by atoms with Crippen molar-refractivity contribution in [2.45, 2.75) is 39.8 Å². The van der Waals surface area contributed by atoms with Gasteiger partial charge in [-0.2, -0.15) is 5.26 Å². The molecule has 0 bridgehead atoms. The van der Waals surface area contributed by atoms with Crippen molar-refractivity contribution < 1.29 is 14.3 Å². The summed E-state index contributed by atoms with van der Waals surface area (Å²) in [5.74, 6) is -0.336. The number of methoxy groups -OCH3 is 1. The van der Waals surface area contributed by atoms with Crippen molar-refractivity contribution in [2.24, 2.45) is 0 Å². The van der Waals surface area contributed by atoms with Crippen LogP contribution in [0.1, 0.15) is 36.8 Å². The molecule has 0 spiro atoms. The molecule has 1 N–H and O–H groups in total. The highest BCUT2D eigenvalue weighted by Crippen LogP contribution is 2.22. The minimum absolute atomic E-state index is 0.119. The maximum absolute atomic E-state index is 12.5. The molecule has 154 valence electrons. The number of hydrogen-bond acceptors (Lipinski definition) is 5. The SMILES string of the molecule is COCC(C)n1c(C)cc(/C=C(/C#N)C(=O)NCC(C)N2CCOCC2)c1C. The summed E-state index contributed by atoms with van der Waals surface area (Å²) in [5, 5.41) is 12.4. The first kappa shape index (κ1) is 22.2. The van der Waals surface area contributed by atoms with Crippen LogP contribution >= 0.6 is 0 Å². The molecule has 2 rings (SSSR count). The molecule has 1 aromatic rings. The Kier molecular flexibility index (Phi) is 8.24. The number of morpholine rings is 1. The zero-order valence-electron chi connectivity index (χ0n) is 17.6. The molecule has 1 saturated heterocycles. The summed E-state index contributed by atoms with van der Waals surface area (Å²) in [7, 11) is 1.68. The molecule has 2 unspecified atom stereocenters. The highest BCUT2D eigenvalue weighted by atomic mass is 16.5. The van der Waals surface area contributed by atoms with Crippen LogP contribution in [0.4, 0.5) is 0 Å². The fourth-order valence-corrected chi connectivity index (χ4v) is 3.73. The van der Waals surface area contributed by atoms with Crippen molar-refractivity contribution in [3.05, 3.63) is 28.6 Å². The van der Waals surface area contributed by atoms with Crippen LogP contribution in [-0.4, -0.2) is 68.0 Å². The number of ether oxygens (including phenoxy) is 2. The molecule has 0 aromatic carbocycles. The minimum atomic E-state index is -0.336. The largest absolute Gasteiger partial charge is 0.383 e.